The quantitative estimate of drug-likeness (QED) is 0.564. The van der Waals surface area contributed by atoms with Crippen molar-refractivity contribution in [3.8, 4) is 11.8 Å². The number of likely N-dealkylation sites (tertiary alicyclic amines) is 1. The van der Waals surface area contributed by atoms with E-state index in [0.29, 0.717) is 18.8 Å². The molecule has 3 aliphatic rings. The van der Waals surface area contributed by atoms with E-state index in [2.05, 4.69) is 60.2 Å². The molecule has 2 N–H and O–H groups in total. The van der Waals surface area contributed by atoms with Gasteiger partial charge in [-0.25, -0.2) is 0 Å². The van der Waals surface area contributed by atoms with Gasteiger partial charge in [0.15, 0.2) is 0 Å². The van der Waals surface area contributed by atoms with Crippen molar-refractivity contribution in [3.63, 3.8) is 0 Å². The number of piperidine rings is 1. The summed E-state index contributed by atoms with van der Waals surface area (Å²) in [6.45, 7) is 8.68. The number of nitrogens with zero attached hydrogens (tertiary/aromatic N) is 2. The topological polar surface area (TPSA) is 72.9 Å². The minimum Gasteiger partial charge on any atom is -0.390 e. The lowest BCUT2D eigenvalue weighted by Crippen LogP contribution is -2.75. The Bertz CT molecular complexity index is 954. The van der Waals surface area contributed by atoms with Crippen LogP contribution in [0, 0.1) is 17.8 Å². The van der Waals surface area contributed by atoms with Gasteiger partial charge in [-0.05, 0) is 55.6 Å². The molecule has 2 aliphatic heterocycles. The Morgan fingerprint density at radius 1 is 1.08 bits per heavy atom. The summed E-state index contributed by atoms with van der Waals surface area (Å²) in [6.07, 6.45) is 5.45. The molecule has 2 saturated heterocycles. The molecular formula is C29H42ClN3O3. The van der Waals surface area contributed by atoms with Crippen LogP contribution in [-0.4, -0.2) is 64.0 Å². The number of piperazine rings is 1. The van der Waals surface area contributed by atoms with Gasteiger partial charge in [-0.3, -0.25) is 14.5 Å². The number of carbonyl (C=O) groups excluding carboxylic acids is 2. The van der Waals surface area contributed by atoms with E-state index in [0.717, 1.165) is 45.3 Å². The van der Waals surface area contributed by atoms with Gasteiger partial charge in [-0.2, -0.15) is 0 Å². The third-order valence-corrected chi connectivity index (χ3v) is 8.38. The van der Waals surface area contributed by atoms with Crippen LogP contribution in [0.4, 0.5) is 0 Å². The van der Waals surface area contributed by atoms with E-state index >= 15 is 0 Å². The molecule has 7 heteroatoms. The third-order valence-electron chi connectivity index (χ3n) is 8.38. The smallest absolute Gasteiger partial charge is 0.249 e. The van der Waals surface area contributed by atoms with Crippen molar-refractivity contribution >= 4 is 24.2 Å². The van der Waals surface area contributed by atoms with Crippen molar-refractivity contribution in [2.45, 2.75) is 95.9 Å². The average molecular weight is 516 g/mol. The molecule has 4 rings (SSSR count). The molecule has 2 unspecified atom stereocenters. The second-order valence-corrected chi connectivity index (χ2v) is 10.9. The number of aliphatic hydroxyl groups is 1. The van der Waals surface area contributed by atoms with Gasteiger partial charge in [0.2, 0.25) is 11.8 Å². The van der Waals surface area contributed by atoms with Crippen LogP contribution >= 0.6 is 12.4 Å². The fourth-order valence-electron chi connectivity index (χ4n) is 6.05. The first kappa shape index (κ1) is 28.5. The highest BCUT2D eigenvalue weighted by molar-refractivity contribution is 6.00. The van der Waals surface area contributed by atoms with E-state index in [1.54, 1.807) is 11.8 Å². The number of amides is 2. The first-order chi connectivity index (χ1) is 16.9. The predicted molar refractivity (Wildman–Crippen MR) is 145 cm³/mol. The summed E-state index contributed by atoms with van der Waals surface area (Å²) in [5.74, 6) is 6.18. The summed E-state index contributed by atoms with van der Waals surface area (Å²) in [7, 11) is 0. The Labute approximate surface area is 222 Å². The minimum atomic E-state index is -0.887. The van der Waals surface area contributed by atoms with Gasteiger partial charge in [0.1, 0.15) is 11.6 Å². The molecule has 2 amide bonds. The maximum Gasteiger partial charge on any atom is 0.249 e. The van der Waals surface area contributed by atoms with E-state index in [-0.39, 0.29) is 36.7 Å². The standard InChI is InChI=1S/C29H41N3O3.ClH/c1-4-5-17-32-27(34)25(26(33)24-9-7-6-8-10-24)30-28(35)29(32)15-18-31(19-16-29)20-22-11-13-23(14-12-22)21(2)3;/h11-14,21,24-26,33H,6-10,15-20H2,1-3H3,(H,30,35);1H. The fraction of sp³-hybridized carbons (Fsp3) is 0.655. The van der Waals surface area contributed by atoms with E-state index in [1.807, 2.05) is 0 Å². The van der Waals surface area contributed by atoms with Gasteiger partial charge in [0.25, 0.3) is 0 Å². The molecule has 2 atom stereocenters. The second kappa shape index (κ2) is 12.4. The van der Waals surface area contributed by atoms with Gasteiger partial charge in [0, 0.05) is 19.6 Å². The molecule has 3 fully saturated rings. The average Bonchev–Trinajstić information content (AvgIpc) is 2.88. The van der Waals surface area contributed by atoms with Crippen LogP contribution in [0.5, 0.6) is 0 Å². The van der Waals surface area contributed by atoms with Crippen molar-refractivity contribution in [1.82, 2.24) is 15.1 Å². The number of carbonyl (C=O) groups is 2. The van der Waals surface area contributed by atoms with E-state index in [1.165, 1.54) is 17.5 Å². The van der Waals surface area contributed by atoms with Crippen LogP contribution in [0.2, 0.25) is 0 Å². The number of nitrogens with one attached hydrogen (secondary N) is 1. The minimum absolute atomic E-state index is 0. The predicted octanol–water partition coefficient (Wildman–Crippen LogP) is 3.86. The zero-order valence-corrected chi connectivity index (χ0v) is 22.8. The number of rotatable bonds is 6. The lowest BCUT2D eigenvalue weighted by molar-refractivity contribution is -0.164. The van der Waals surface area contributed by atoms with Crippen LogP contribution in [0.15, 0.2) is 24.3 Å². The first-order valence-corrected chi connectivity index (χ1v) is 13.4. The Morgan fingerprint density at radius 2 is 1.72 bits per heavy atom. The van der Waals surface area contributed by atoms with Gasteiger partial charge < -0.3 is 15.3 Å². The Hall–Kier alpha value is -2.07. The number of benzene rings is 1. The van der Waals surface area contributed by atoms with Gasteiger partial charge in [0.05, 0.1) is 12.6 Å². The summed E-state index contributed by atoms with van der Waals surface area (Å²) < 4.78 is 0. The van der Waals surface area contributed by atoms with Crippen LogP contribution in [-0.2, 0) is 16.1 Å². The zero-order chi connectivity index (χ0) is 25.0. The molecule has 6 nitrogen and oxygen atoms in total. The number of aliphatic hydroxyl groups excluding tert-OH is 1. The molecule has 0 aromatic heterocycles. The number of hydrogen-bond donors (Lipinski definition) is 2. The summed E-state index contributed by atoms with van der Waals surface area (Å²) >= 11 is 0. The third kappa shape index (κ3) is 5.90. The fourth-order valence-corrected chi connectivity index (χ4v) is 6.05. The highest BCUT2D eigenvalue weighted by Gasteiger charge is 2.55. The molecule has 1 spiro atoms. The van der Waals surface area contributed by atoms with Crippen molar-refractivity contribution in [3.05, 3.63) is 35.4 Å². The van der Waals surface area contributed by atoms with Crippen molar-refractivity contribution < 1.29 is 14.7 Å². The van der Waals surface area contributed by atoms with Crippen molar-refractivity contribution in [1.29, 1.82) is 0 Å². The summed E-state index contributed by atoms with van der Waals surface area (Å²) in [5.41, 5.74) is 1.71. The van der Waals surface area contributed by atoms with Crippen LogP contribution < -0.4 is 5.32 Å². The molecule has 0 radical (unpaired) electrons. The molecule has 198 valence electrons. The monoisotopic (exact) mass is 515 g/mol. The molecule has 36 heavy (non-hydrogen) atoms. The lowest BCUT2D eigenvalue weighted by atomic mass is 9.78. The maximum atomic E-state index is 13.7. The van der Waals surface area contributed by atoms with Crippen LogP contribution in [0.25, 0.3) is 0 Å². The SMILES string of the molecule is CC#CCN1C(=O)C(C(O)C2CCCCC2)NC(=O)C12CCN(Cc1ccc(C(C)C)cc1)CC2.Cl. The largest absolute Gasteiger partial charge is 0.390 e. The van der Waals surface area contributed by atoms with Crippen LogP contribution in [0.3, 0.4) is 0 Å². The zero-order valence-electron chi connectivity index (χ0n) is 22.0. The van der Waals surface area contributed by atoms with Gasteiger partial charge >= 0.3 is 0 Å². The molecule has 1 saturated carbocycles. The highest BCUT2D eigenvalue weighted by atomic mass is 35.5. The normalized spacial score (nSPS) is 23.6. The molecule has 0 bridgehead atoms. The summed E-state index contributed by atoms with van der Waals surface area (Å²) in [5, 5.41) is 14.0. The van der Waals surface area contributed by atoms with Crippen molar-refractivity contribution in [2.24, 2.45) is 5.92 Å². The maximum absolute atomic E-state index is 13.7. The van der Waals surface area contributed by atoms with Crippen molar-refractivity contribution in [2.75, 3.05) is 19.6 Å². The Balaban J connectivity index is 0.00000361. The van der Waals surface area contributed by atoms with E-state index < -0.39 is 17.7 Å². The van der Waals surface area contributed by atoms with Gasteiger partial charge in [-0.1, -0.05) is 63.3 Å². The highest BCUT2D eigenvalue weighted by Crippen LogP contribution is 2.36. The Morgan fingerprint density at radius 3 is 2.31 bits per heavy atom. The number of hydrogen-bond acceptors (Lipinski definition) is 4. The molecular weight excluding hydrogens is 474 g/mol. The Kier molecular flexibility index (Phi) is 9.86. The molecule has 1 aliphatic carbocycles. The first-order valence-electron chi connectivity index (χ1n) is 13.4. The van der Waals surface area contributed by atoms with Gasteiger partial charge in [-0.15, -0.1) is 18.3 Å². The van der Waals surface area contributed by atoms with Crippen LogP contribution in [0.1, 0.15) is 82.8 Å². The summed E-state index contributed by atoms with van der Waals surface area (Å²) in [4.78, 5) is 31.3. The second-order valence-electron chi connectivity index (χ2n) is 10.9. The lowest BCUT2D eigenvalue weighted by Gasteiger charge is -2.52. The molecule has 2 heterocycles. The van der Waals surface area contributed by atoms with E-state index in [4.69, 9.17) is 0 Å². The van der Waals surface area contributed by atoms with E-state index in [9.17, 15) is 14.7 Å². The molecule has 1 aromatic carbocycles. The molecule has 1 aromatic rings. The number of halogens is 1. The summed E-state index contributed by atoms with van der Waals surface area (Å²) in [6, 6.07) is 7.91.